The van der Waals surface area contributed by atoms with Gasteiger partial charge in [-0.2, -0.15) is 4.47 Å². The van der Waals surface area contributed by atoms with Crippen LogP contribution < -0.4 is 30.1 Å². The van der Waals surface area contributed by atoms with Gasteiger partial charge in [-0.1, -0.05) is 19.5 Å². The maximum Gasteiger partial charge on any atom is 1.00 e. The van der Waals surface area contributed by atoms with E-state index in [9.17, 15) is 9.59 Å². The van der Waals surface area contributed by atoms with Crippen LogP contribution in [0.4, 0.5) is 0 Å². The van der Waals surface area contributed by atoms with Gasteiger partial charge in [0, 0.05) is 6.04 Å². The Morgan fingerprint density at radius 2 is 2.07 bits per heavy atom. The molecule has 4 nitrogen and oxygen atoms in total. The van der Waals surface area contributed by atoms with Gasteiger partial charge in [0.2, 0.25) is 0 Å². The average molecular weight is 267 g/mol. The third-order valence-electron chi connectivity index (χ3n) is 2.23. The van der Waals surface area contributed by atoms with E-state index in [1.807, 2.05) is 13.8 Å². The summed E-state index contributed by atoms with van der Waals surface area (Å²) in [4.78, 5) is 26.9. The molecule has 0 N–H and O–H groups in total. The predicted molar refractivity (Wildman–Crippen MR) is 57.8 cm³/mol. The molecule has 0 saturated heterocycles. The van der Waals surface area contributed by atoms with Crippen molar-refractivity contribution in [1.29, 1.82) is 0 Å². The summed E-state index contributed by atoms with van der Waals surface area (Å²) in [5.74, 6) is 0. The number of rotatable bonds is 2. The first kappa shape index (κ1) is 14.8. The van der Waals surface area contributed by atoms with Gasteiger partial charge in [0.15, 0.2) is 0 Å². The maximum atomic E-state index is 11.7. The van der Waals surface area contributed by atoms with Gasteiger partial charge in [0.25, 0.3) is 0 Å². The molecule has 0 radical (unpaired) electrons. The van der Waals surface area contributed by atoms with Crippen LogP contribution in [0.3, 0.4) is 0 Å². The molecule has 78 valence electrons. The minimum atomic E-state index is -0.468. The number of aromatic nitrogens is 2. The van der Waals surface area contributed by atoms with Crippen molar-refractivity contribution in [3.8, 4) is 0 Å². The molecular weight excluding hydrogens is 255 g/mol. The van der Waals surface area contributed by atoms with E-state index in [0.29, 0.717) is 10.2 Å². The number of nitrogens with zero attached hydrogens (tertiary/aromatic N) is 2. The van der Waals surface area contributed by atoms with Crippen molar-refractivity contribution in [2.45, 2.75) is 33.2 Å². The molecule has 0 amide bonds. The fraction of sp³-hybridized carbons (Fsp3) is 0.556. The zero-order valence-electron chi connectivity index (χ0n) is 9.37. The molecule has 6 heteroatoms. The first-order chi connectivity index (χ1) is 6.49. The Kier molecular flexibility index (Phi) is 5.64. The van der Waals surface area contributed by atoms with Gasteiger partial charge in [-0.3, -0.25) is 20.5 Å². The van der Waals surface area contributed by atoms with Crippen LogP contribution in [-0.2, 0) is 0 Å². The quantitative estimate of drug-likeness (QED) is 0.477. The van der Waals surface area contributed by atoms with Gasteiger partial charge < -0.3 is 4.79 Å². The van der Waals surface area contributed by atoms with Crippen molar-refractivity contribution < 1.29 is 18.9 Å². The number of hydrogen-bond acceptors (Lipinski definition) is 3. The van der Waals surface area contributed by atoms with E-state index >= 15 is 0 Å². The summed E-state index contributed by atoms with van der Waals surface area (Å²) >= 11 is 3.13. The molecule has 1 unspecified atom stereocenters. The zero-order valence-corrected chi connectivity index (χ0v) is 11.0. The zero-order chi connectivity index (χ0) is 10.9. The first-order valence-corrected chi connectivity index (χ1v) is 5.24. The second-order valence-corrected chi connectivity index (χ2v) is 4.02. The fourth-order valence-electron chi connectivity index (χ4n) is 1.17. The molecule has 0 aliphatic carbocycles. The molecule has 0 aromatic carbocycles. The van der Waals surface area contributed by atoms with Crippen LogP contribution >= 0.6 is 15.9 Å². The molecule has 0 aliphatic heterocycles. The van der Waals surface area contributed by atoms with Crippen molar-refractivity contribution >= 4 is 15.9 Å². The Balaban J connectivity index is 0.00000196. The maximum absolute atomic E-state index is 11.7. The minimum absolute atomic E-state index is 0. The molecule has 1 rings (SSSR count). The Bertz CT molecular complexity index is 452. The van der Waals surface area contributed by atoms with Crippen LogP contribution in [-0.4, -0.2) is 9.55 Å². The van der Waals surface area contributed by atoms with Crippen LogP contribution in [0.5, 0.6) is 0 Å². The summed E-state index contributed by atoms with van der Waals surface area (Å²) in [6.07, 6.45) is 0.728. The minimum Gasteiger partial charge on any atom is -0.309 e. The molecule has 15 heavy (non-hydrogen) atoms. The second kappa shape index (κ2) is 5.74. The second-order valence-electron chi connectivity index (χ2n) is 3.23. The predicted octanol–water partition coefficient (Wildman–Crippen LogP) is -1.63. The van der Waals surface area contributed by atoms with Crippen LogP contribution in [0.15, 0.2) is 14.1 Å². The molecule has 0 saturated carbocycles. The van der Waals surface area contributed by atoms with Gasteiger partial charge in [0.05, 0.1) is 0 Å². The van der Waals surface area contributed by atoms with Crippen LogP contribution in [0.25, 0.3) is 0 Å². The molecule has 0 fully saturated rings. The number of hydrogen-bond donors (Lipinski definition) is 0. The van der Waals surface area contributed by atoms with E-state index in [1.165, 1.54) is 4.57 Å². The summed E-state index contributed by atoms with van der Waals surface area (Å²) < 4.78 is 1.55. The summed E-state index contributed by atoms with van der Waals surface area (Å²) in [7, 11) is 0. The van der Waals surface area contributed by atoms with E-state index in [1.54, 1.807) is 6.92 Å². The molecule has 0 bridgehead atoms. The molecule has 0 aliphatic rings. The molecule has 1 atom stereocenters. The van der Waals surface area contributed by atoms with Crippen molar-refractivity contribution in [2.75, 3.05) is 0 Å². The fourth-order valence-corrected chi connectivity index (χ4v) is 1.44. The monoisotopic (exact) mass is 266 g/mol. The van der Waals surface area contributed by atoms with Gasteiger partial charge >= 0.3 is 24.6 Å². The third-order valence-corrected chi connectivity index (χ3v) is 3.14. The van der Waals surface area contributed by atoms with Crippen molar-refractivity contribution in [3.63, 3.8) is 0 Å². The Hall–Kier alpha value is -0.243. The van der Waals surface area contributed by atoms with Gasteiger partial charge in [-0.05, 0) is 13.3 Å². The van der Waals surface area contributed by atoms with Crippen molar-refractivity contribution in [1.82, 2.24) is 9.55 Å². The van der Waals surface area contributed by atoms with Crippen LogP contribution in [0, 0.1) is 6.92 Å². The molecule has 1 aromatic heterocycles. The van der Waals surface area contributed by atoms with E-state index in [4.69, 9.17) is 0 Å². The van der Waals surface area contributed by atoms with Crippen molar-refractivity contribution in [2.24, 2.45) is 0 Å². The van der Waals surface area contributed by atoms with E-state index in [0.717, 1.165) is 6.42 Å². The Morgan fingerprint density at radius 3 is 2.53 bits per heavy atom. The summed E-state index contributed by atoms with van der Waals surface area (Å²) in [6, 6.07) is -0.112. The van der Waals surface area contributed by atoms with Crippen LogP contribution in [0.2, 0.25) is 0 Å². The SMILES string of the molecule is CCC(C)n1c(=O)nc(C)[c-](Br)c1=O.[Li+]. The topological polar surface area (TPSA) is 52.0 Å². The molecule has 1 heterocycles. The van der Waals surface area contributed by atoms with Gasteiger partial charge in [-0.25, -0.2) is 9.78 Å². The van der Waals surface area contributed by atoms with E-state index in [-0.39, 0.29) is 30.5 Å². The average Bonchev–Trinajstić information content (AvgIpc) is 2.14. The van der Waals surface area contributed by atoms with E-state index < -0.39 is 5.69 Å². The van der Waals surface area contributed by atoms with Crippen LogP contribution in [0.1, 0.15) is 32.0 Å². The van der Waals surface area contributed by atoms with Gasteiger partial charge in [0.1, 0.15) is 5.56 Å². The largest absolute Gasteiger partial charge is 1.00 e. The Labute approximate surface area is 108 Å². The first-order valence-electron chi connectivity index (χ1n) is 4.44. The summed E-state index contributed by atoms with van der Waals surface area (Å²) in [5.41, 5.74) is -0.318. The van der Waals surface area contributed by atoms with Gasteiger partial charge in [-0.15, -0.1) is 0 Å². The molecule has 0 spiro atoms. The summed E-state index contributed by atoms with van der Waals surface area (Å²) in [5, 5.41) is 0. The normalized spacial score (nSPS) is 12.0. The Morgan fingerprint density at radius 1 is 1.53 bits per heavy atom. The number of halogens is 1. The number of aryl methyl sites for hydroxylation is 1. The molecular formula is C9H12BrLiN2O2. The van der Waals surface area contributed by atoms with Crippen molar-refractivity contribution in [3.05, 3.63) is 31.0 Å². The standard InChI is InChI=1S/C9H12BrN2O2.Li/c1-4-5(2)12-8(13)7(10)6(3)11-9(12)14;/h5H,4H2,1-3H3;/q-1;+1. The summed E-state index contributed by atoms with van der Waals surface area (Å²) in [6.45, 7) is 5.38. The van der Waals surface area contributed by atoms with E-state index in [2.05, 4.69) is 20.9 Å². The molecule has 1 aromatic rings. The smallest absolute Gasteiger partial charge is 0.309 e. The third kappa shape index (κ3) is 2.87.